The third-order valence-corrected chi connectivity index (χ3v) is 0. The monoisotopic (exact) mass is 108 g/mol. The van der Waals surface area contributed by atoms with E-state index in [1.807, 2.05) is 0 Å². The number of rotatable bonds is 0. The van der Waals surface area contributed by atoms with Crippen molar-refractivity contribution in [3.8, 4) is 0 Å². The number of hydrogen-bond donors (Lipinski definition) is 0. The number of sulfone groups is 1. The van der Waals surface area contributed by atoms with E-state index >= 15 is 0 Å². The van der Waals surface area contributed by atoms with Crippen LogP contribution in [0.4, 0.5) is 0 Å². The fourth-order valence-corrected chi connectivity index (χ4v) is 0. The zero-order valence-electron chi connectivity index (χ0n) is 3.22. The Bertz CT molecular complexity index is 94.7. The van der Waals surface area contributed by atoms with Crippen LogP contribution >= 0.6 is 0 Å². The minimum atomic E-state index is -2.67. The fraction of sp³-hybridized carbons (Fsp3) is 1.00. The van der Waals surface area contributed by atoms with Gasteiger partial charge in [-0.3, -0.25) is 0 Å². The molecule has 0 aliphatic rings. The lowest BCUT2D eigenvalue weighted by molar-refractivity contribution is 0.607. The maximum absolute atomic E-state index is 9.63. The van der Waals surface area contributed by atoms with Gasteiger partial charge in [-0.2, -0.15) is 0 Å². The molecule has 2 nitrogen and oxygen atoms in total. The van der Waals surface area contributed by atoms with Crippen molar-refractivity contribution in [2.75, 3.05) is 12.5 Å². The summed E-state index contributed by atoms with van der Waals surface area (Å²) >= 11 is 0. The van der Waals surface area contributed by atoms with Crippen molar-refractivity contribution < 1.29 is 8.42 Å². The Labute approximate surface area is 40.1 Å². The third kappa shape index (κ3) is 164000. The van der Waals surface area contributed by atoms with Crippen LogP contribution < -0.4 is 0 Å². The van der Waals surface area contributed by atoms with Crippen LogP contribution in [0.15, 0.2) is 0 Å². The van der Waals surface area contributed by atoms with E-state index in [1.54, 1.807) is 0 Å². The largest absolute Gasteiger partial charge is 0.229 e. The maximum atomic E-state index is 9.63. The van der Waals surface area contributed by atoms with Gasteiger partial charge in [0.05, 0.1) is 8.41 Å². The predicted molar refractivity (Wildman–Crippen MR) is 30.7 cm³/mol. The molecule has 0 saturated heterocycles. The summed E-state index contributed by atoms with van der Waals surface area (Å²) in [6, 6.07) is 0. The van der Waals surface area contributed by atoms with Crippen LogP contribution in [0, 0.1) is 0 Å². The molecule has 0 unspecified atom stereocenters. The van der Waals surface area contributed by atoms with Crippen molar-refractivity contribution in [2.45, 2.75) is 0 Å². The molecular weight excluding hydrogens is 98.9 g/mol. The highest BCUT2D eigenvalue weighted by Crippen LogP contribution is 1.61. The zero-order chi connectivity index (χ0) is 4.50. The first-order chi connectivity index (χ1) is 2.00. The van der Waals surface area contributed by atoms with Crippen LogP contribution in [-0.4, -0.2) is 29.3 Å². The minimum Gasteiger partial charge on any atom is -0.229 e. The van der Waals surface area contributed by atoms with Gasteiger partial charge < -0.3 is 0 Å². The van der Waals surface area contributed by atoms with E-state index in [2.05, 4.69) is 0 Å². The Balaban J connectivity index is 0. The van der Waals surface area contributed by atoms with Gasteiger partial charge in [-0.05, 0) is 0 Å². The van der Waals surface area contributed by atoms with Crippen molar-refractivity contribution in [2.24, 2.45) is 0 Å². The van der Waals surface area contributed by atoms with E-state index in [1.165, 1.54) is 0 Å². The van der Waals surface area contributed by atoms with Crippen molar-refractivity contribution in [1.29, 1.82) is 0 Å². The highest BCUT2D eigenvalue weighted by molar-refractivity contribution is 7.89. The molecule has 0 aromatic heterocycles. The van der Waals surface area contributed by atoms with Crippen molar-refractivity contribution in [3.05, 3.63) is 0 Å². The first kappa shape index (κ1) is 9.38. The predicted octanol–water partition coefficient (Wildman–Crippen LogP) is -1.52. The highest BCUT2D eigenvalue weighted by Gasteiger charge is 1.79. The van der Waals surface area contributed by atoms with Gasteiger partial charge in [0.2, 0.25) is 0 Å². The Morgan fingerprint density at radius 2 is 1.17 bits per heavy atom. The average molecular weight is 108 g/mol. The molecule has 0 atom stereocenters. The number of hydrogen-bond acceptors (Lipinski definition) is 2. The molecule has 0 saturated carbocycles. The molecule has 0 aromatic carbocycles. The van der Waals surface area contributed by atoms with Crippen LogP contribution in [-0.2, 0) is 9.84 Å². The molecule has 0 amide bonds. The second-order valence-corrected chi connectivity index (χ2v) is 3.43. The molecule has 6 heavy (non-hydrogen) atoms. The summed E-state index contributed by atoms with van der Waals surface area (Å²) in [5.41, 5.74) is 0. The second-order valence-electron chi connectivity index (χ2n) is 1.14. The molecule has 38 valence electrons. The Morgan fingerprint density at radius 3 is 1.17 bits per heavy atom. The minimum absolute atomic E-state index is 0. The molecule has 0 rings (SSSR count). The molecule has 4 heteroatoms. The SMILES string of the molecule is B.CS(C)(=O)=O. The smallest absolute Gasteiger partial charge is 0.144 e. The van der Waals surface area contributed by atoms with Gasteiger partial charge >= 0.3 is 0 Å². The Morgan fingerprint density at radius 1 is 1.17 bits per heavy atom. The van der Waals surface area contributed by atoms with E-state index < -0.39 is 9.84 Å². The van der Waals surface area contributed by atoms with Gasteiger partial charge in [0.15, 0.2) is 0 Å². The first-order valence-corrected chi connectivity index (χ1v) is 3.45. The quantitative estimate of drug-likeness (QED) is 0.353. The van der Waals surface area contributed by atoms with Crippen LogP contribution in [0.2, 0.25) is 0 Å². The van der Waals surface area contributed by atoms with E-state index in [0.717, 1.165) is 12.5 Å². The van der Waals surface area contributed by atoms with Gasteiger partial charge in [-0.15, -0.1) is 0 Å². The molecule has 0 aliphatic heterocycles. The molecular formula is C2H9BO2S. The molecule has 0 aromatic rings. The van der Waals surface area contributed by atoms with Crippen molar-refractivity contribution in [3.63, 3.8) is 0 Å². The topological polar surface area (TPSA) is 34.1 Å². The summed E-state index contributed by atoms with van der Waals surface area (Å²) in [7, 11) is -2.67. The van der Waals surface area contributed by atoms with Gasteiger partial charge in [-0.25, -0.2) is 8.42 Å². The summed E-state index contributed by atoms with van der Waals surface area (Å²) in [5.74, 6) is 0. The molecule has 0 fully saturated rings. The standard InChI is InChI=1S/C2H6O2S.BH3/c1-5(2,3)4;/h1-2H3;1H3. The maximum Gasteiger partial charge on any atom is 0.144 e. The molecule has 0 spiro atoms. The Hall–Kier alpha value is 0.0149. The van der Waals surface area contributed by atoms with Gasteiger partial charge in [0, 0.05) is 12.5 Å². The van der Waals surface area contributed by atoms with Crippen molar-refractivity contribution >= 4 is 18.3 Å². The van der Waals surface area contributed by atoms with Gasteiger partial charge in [-0.1, -0.05) is 0 Å². The normalized spacial score (nSPS) is 9.67. The lowest BCUT2D eigenvalue weighted by Gasteiger charge is -1.69. The van der Waals surface area contributed by atoms with Gasteiger partial charge in [0.25, 0.3) is 0 Å². The summed E-state index contributed by atoms with van der Waals surface area (Å²) in [5, 5.41) is 0. The molecule has 0 heterocycles. The molecule has 0 aliphatic carbocycles. The average Bonchev–Trinajstić information content (AvgIpc) is 0.722. The van der Waals surface area contributed by atoms with Crippen LogP contribution in [0.25, 0.3) is 0 Å². The first-order valence-electron chi connectivity index (χ1n) is 1.15. The lowest BCUT2D eigenvalue weighted by atomic mass is 10.8. The zero-order valence-corrected chi connectivity index (χ0v) is 4.04. The fourth-order valence-electron chi connectivity index (χ4n) is 0. The summed E-state index contributed by atoms with van der Waals surface area (Å²) < 4.78 is 19.3. The van der Waals surface area contributed by atoms with E-state index in [9.17, 15) is 8.42 Å². The molecule has 0 bridgehead atoms. The summed E-state index contributed by atoms with van der Waals surface area (Å²) in [4.78, 5) is 0. The highest BCUT2D eigenvalue weighted by atomic mass is 32.2. The van der Waals surface area contributed by atoms with Crippen LogP contribution in [0.3, 0.4) is 0 Å². The van der Waals surface area contributed by atoms with Gasteiger partial charge in [0.1, 0.15) is 9.84 Å². The molecule has 0 radical (unpaired) electrons. The lowest BCUT2D eigenvalue weighted by Crippen LogP contribution is -1.86. The van der Waals surface area contributed by atoms with Crippen LogP contribution in [0.5, 0.6) is 0 Å². The Kier molecular flexibility index (Phi) is 3.49. The van der Waals surface area contributed by atoms with E-state index in [4.69, 9.17) is 0 Å². The summed E-state index contributed by atoms with van der Waals surface area (Å²) in [6.07, 6.45) is 2.32. The van der Waals surface area contributed by atoms with E-state index in [0.29, 0.717) is 0 Å². The molecule has 0 N–H and O–H groups in total. The summed E-state index contributed by atoms with van der Waals surface area (Å²) in [6.45, 7) is 0. The van der Waals surface area contributed by atoms with E-state index in [-0.39, 0.29) is 8.41 Å². The van der Waals surface area contributed by atoms with Crippen molar-refractivity contribution in [1.82, 2.24) is 0 Å². The second kappa shape index (κ2) is 2.23. The third-order valence-electron chi connectivity index (χ3n) is 0. The van der Waals surface area contributed by atoms with Crippen LogP contribution in [0.1, 0.15) is 0 Å².